The molecule has 0 unspecified atom stereocenters. The van der Waals surface area contributed by atoms with Crippen LogP contribution in [0.5, 0.6) is 0 Å². The van der Waals surface area contributed by atoms with Crippen LogP contribution in [0.15, 0.2) is 48.5 Å². The van der Waals surface area contributed by atoms with Gasteiger partial charge in [0, 0.05) is 43.0 Å². The Kier molecular flexibility index (Phi) is 5.16. The number of halogens is 1. The molecule has 0 bridgehead atoms. The van der Waals surface area contributed by atoms with Crippen LogP contribution < -0.4 is 10.6 Å². The summed E-state index contributed by atoms with van der Waals surface area (Å²) >= 11 is 5.97. The largest absolute Gasteiger partial charge is 0.377 e. The van der Waals surface area contributed by atoms with Gasteiger partial charge in [0.1, 0.15) is 0 Å². The first-order chi connectivity index (χ1) is 13.6. The zero-order chi connectivity index (χ0) is 19.5. The summed E-state index contributed by atoms with van der Waals surface area (Å²) in [5.41, 5.74) is 3.02. The molecule has 1 fully saturated rings. The highest BCUT2D eigenvalue weighted by Gasteiger charge is 2.20. The van der Waals surface area contributed by atoms with Crippen molar-refractivity contribution in [2.75, 3.05) is 18.4 Å². The molecule has 2 N–H and O–H groups in total. The first-order valence-electron chi connectivity index (χ1n) is 9.10. The SMILES string of the molecule is Cn1c(CNc2ccccc2CN2CCNC2=O)nnc1-c1ccc(Cl)cc1. The molecular formula is C20H21ClN6O. The van der Waals surface area contributed by atoms with Gasteiger partial charge < -0.3 is 20.1 Å². The van der Waals surface area contributed by atoms with Crippen molar-refractivity contribution < 1.29 is 4.79 Å². The lowest BCUT2D eigenvalue weighted by Gasteiger charge is -2.17. The fourth-order valence-corrected chi connectivity index (χ4v) is 3.36. The number of carbonyl (C=O) groups excluding carboxylic acids is 1. The van der Waals surface area contributed by atoms with E-state index in [9.17, 15) is 4.79 Å². The Labute approximate surface area is 168 Å². The van der Waals surface area contributed by atoms with Crippen molar-refractivity contribution >= 4 is 23.3 Å². The summed E-state index contributed by atoms with van der Waals surface area (Å²) < 4.78 is 1.97. The highest BCUT2D eigenvalue weighted by Crippen LogP contribution is 2.22. The molecule has 2 heterocycles. The van der Waals surface area contributed by atoms with Gasteiger partial charge in [-0.15, -0.1) is 10.2 Å². The van der Waals surface area contributed by atoms with Crippen LogP contribution in [0.1, 0.15) is 11.4 Å². The molecule has 2 amide bonds. The quantitative estimate of drug-likeness (QED) is 0.670. The number of hydrogen-bond donors (Lipinski definition) is 2. The van der Waals surface area contributed by atoms with Gasteiger partial charge in [-0.1, -0.05) is 29.8 Å². The molecule has 0 aliphatic carbocycles. The predicted octanol–water partition coefficient (Wildman–Crippen LogP) is 3.27. The molecule has 8 heteroatoms. The van der Waals surface area contributed by atoms with Crippen LogP contribution in [0.25, 0.3) is 11.4 Å². The van der Waals surface area contributed by atoms with Crippen molar-refractivity contribution in [2.24, 2.45) is 7.05 Å². The zero-order valence-electron chi connectivity index (χ0n) is 15.5. The van der Waals surface area contributed by atoms with Crippen LogP contribution >= 0.6 is 11.6 Å². The number of anilines is 1. The van der Waals surface area contributed by atoms with Gasteiger partial charge in [0.15, 0.2) is 11.6 Å². The van der Waals surface area contributed by atoms with Crippen LogP contribution in [0.2, 0.25) is 5.02 Å². The Balaban J connectivity index is 1.48. The molecule has 0 radical (unpaired) electrons. The van der Waals surface area contributed by atoms with Gasteiger partial charge in [0.05, 0.1) is 6.54 Å². The number of urea groups is 1. The van der Waals surface area contributed by atoms with Gasteiger partial charge in [-0.3, -0.25) is 0 Å². The van der Waals surface area contributed by atoms with Gasteiger partial charge in [-0.05, 0) is 35.9 Å². The number of rotatable bonds is 6. The maximum atomic E-state index is 11.8. The number of carbonyl (C=O) groups is 1. The summed E-state index contributed by atoms with van der Waals surface area (Å²) in [5.74, 6) is 1.61. The highest BCUT2D eigenvalue weighted by molar-refractivity contribution is 6.30. The van der Waals surface area contributed by atoms with Crippen LogP contribution in [0, 0.1) is 0 Å². The first-order valence-corrected chi connectivity index (χ1v) is 9.48. The molecule has 1 aliphatic heterocycles. The third-order valence-electron chi connectivity index (χ3n) is 4.83. The summed E-state index contributed by atoms with van der Waals surface area (Å²) in [6.07, 6.45) is 0. The average molecular weight is 397 g/mol. The molecule has 7 nitrogen and oxygen atoms in total. The third-order valence-corrected chi connectivity index (χ3v) is 5.08. The second-order valence-electron chi connectivity index (χ2n) is 6.67. The van der Waals surface area contributed by atoms with E-state index in [-0.39, 0.29) is 6.03 Å². The Morgan fingerprint density at radius 3 is 2.68 bits per heavy atom. The lowest BCUT2D eigenvalue weighted by molar-refractivity contribution is 0.215. The highest BCUT2D eigenvalue weighted by atomic mass is 35.5. The zero-order valence-corrected chi connectivity index (χ0v) is 16.3. The fourth-order valence-electron chi connectivity index (χ4n) is 3.24. The number of nitrogens with one attached hydrogen (secondary N) is 2. The minimum atomic E-state index is -0.0179. The molecule has 3 aromatic rings. The van der Waals surface area contributed by atoms with E-state index in [0.717, 1.165) is 35.0 Å². The Morgan fingerprint density at radius 1 is 1.14 bits per heavy atom. The van der Waals surface area contributed by atoms with Crippen molar-refractivity contribution in [2.45, 2.75) is 13.1 Å². The van der Waals surface area contributed by atoms with E-state index in [4.69, 9.17) is 11.6 Å². The minimum absolute atomic E-state index is 0.0179. The van der Waals surface area contributed by atoms with Gasteiger partial charge in [-0.2, -0.15) is 0 Å². The Morgan fingerprint density at radius 2 is 1.93 bits per heavy atom. The fraction of sp³-hybridized carbons (Fsp3) is 0.250. The number of para-hydroxylation sites is 1. The number of benzene rings is 2. The van der Waals surface area contributed by atoms with Crippen molar-refractivity contribution in [1.82, 2.24) is 25.0 Å². The standard InChI is InChI=1S/C20H21ClN6O/c1-26-18(24-25-19(26)14-6-8-16(21)9-7-14)12-23-17-5-3-2-4-15(17)13-27-11-10-22-20(27)28/h2-9,23H,10-13H2,1H3,(H,22,28). The molecular weight excluding hydrogens is 376 g/mol. The second kappa shape index (κ2) is 7.90. The van der Waals surface area contributed by atoms with Gasteiger partial charge in [0.25, 0.3) is 0 Å². The molecule has 144 valence electrons. The monoisotopic (exact) mass is 396 g/mol. The summed E-state index contributed by atoms with van der Waals surface area (Å²) in [6, 6.07) is 15.5. The lowest BCUT2D eigenvalue weighted by Crippen LogP contribution is -2.27. The maximum absolute atomic E-state index is 11.8. The normalized spacial score (nSPS) is 13.6. The van der Waals surface area contributed by atoms with Crippen molar-refractivity contribution in [3.8, 4) is 11.4 Å². The Hall–Kier alpha value is -3.06. The summed E-state index contributed by atoms with van der Waals surface area (Å²) in [5, 5.41) is 15.6. The summed E-state index contributed by atoms with van der Waals surface area (Å²) in [6.45, 7) is 2.52. The van der Waals surface area contributed by atoms with E-state index >= 15 is 0 Å². The predicted molar refractivity (Wildman–Crippen MR) is 109 cm³/mol. The Bertz CT molecular complexity index is 985. The topological polar surface area (TPSA) is 75.1 Å². The van der Waals surface area contributed by atoms with Crippen LogP contribution in [0.4, 0.5) is 10.5 Å². The number of hydrogen-bond acceptors (Lipinski definition) is 4. The van der Waals surface area contributed by atoms with Crippen molar-refractivity contribution in [3.63, 3.8) is 0 Å². The van der Waals surface area contributed by atoms with Crippen LogP contribution in [0.3, 0.4) is 0 Å². The van der Waals surface area contributed by atoms with Gasteiger partial charge in [-0.25, -0.2) is 4.79 Å². The molecule has 1 saturated heterocycles. The summed E-state index contributed by atoms with van der Waals surface area (Å²) in [4.78, 5) is 13.6. The molecule has 1 aliphatic rings. The molecule has 1 aromatic heterocycles. The van der Waals surface area contributed by atoms with E-state index in [1.165, 1.54) is 0 Å². The maximum Gasteiger partial charge on any atom is 0.317 e. The smallest absolute Gasteiger partial charge is 0.317 e. The molecule has 0 atom stereocenters. The molecule has 2 aromatic carbocycles. The third kappa shape index (κ3) is 3.80. The van der Waals surface area contributed by atoms with E-state index in [1.807, 2.05) is 65.0 Å². The first kappa shape index (κ1) is 18.3. The van der Waals surface area contributed by atoms with E-state index in [0.29, 0.717) is 24.7 Å². The van der Waals surface area contributed by atoms with Crippen molar-refractivity contribution in [1.29, 1.82) is 0 Å². The van der Waals surface area contributed by atoms with E-state index in [2.05, 4.69) is 20.8 Å². The minimum Gasteiger partial charge on any atom is -0.377 e. The second-order valence-corrected chi connectivity index (χ2v) is 7.11. The number of aromatic nitrogens is 3. The molecule has 0 saturated carbocycles. The number of nitrogens with zero attached hydrogens (tertiary/aromatic N) is 4. The number of amides is 2. The molecule has 0 spiro atoms. The van der Waals surface area contributed by atoms with Crippen LogP contribution in [-0.2, 0) is 20.1 Å². The molecule has 4 rings (SSSR count). The van der Waals surface area contributed by atoms with E-state index < -0.39 is 0 Å². The van der Waals surface area contributed by atoms with Crippen LogP contribution in [-0.4, -0.2) is 38.8 Å². The van der Waals surface area contributed by atoms with Gasteiger partial charge in [0.2, 0.25) is 0 Å². The summed E-state index contributed by atoms with van der Waals surface area (Å²) in [7, 11) is 1.95. The van der Waals surface area contributed by atoms with Gasteiger partial charge >= 0.3 is 6.03 Å². The lowest BCUT2D eigenvalue weighted by atomic mass is 10.1. The van der Waals surface area contributed by atoms with Crippen molar-refractivity contribution in [3.05, 3.63) is 64.9 Å². The van der Waals surface area contributed by atoms with E-state index in [1.54, 1.807) is 0 Å². The molecule has 28 heavy (non-hydrogen) atoms. The average Bonchev–Trinajstić information content (AvgIpc) is 3.27.